The predicted molar refractivity (Wildman–Crippen MR) is 113 cm³/mol. The van der Waals surface area contributed by atoms with E-state index in [1.807, 2.05) is 5.38 Å². The van der Waals surface area contributed by atoms with Crippen LogP contribution in [0.15, 0.2) is 39.6 Å². The maximum Gasteiger partial charge on any atom is 0.276 e. The predicted octanol–water partition coefficient (Wildman–Crippen LogP) is 3.28. The molecule has 6 nitrogen and oxygen atoms in total. The maximum absolute atomic E-state index is 13.7. The lowest BCUT2D eigenvalue weighted by Crippen LogP contribution is -2.33. The van der Waals surface area contributed by atoms with Gasteiger partial charge in [0, 0.05) is 13.2 Å². The lowest BCUT2D eigenvalue weighted by atomic mass is 10.2. The molecular weight excluding hydrogens is 413 g/mol. The van der Waals surface area contributed by atoms with Crippen LogP contribution in [0.1, 0.15) is 18.4 Å². The van der Waals surface area contributed by atoms with Crippen molar-refractivity contribution in [1.29, 1.82) is 0 Å². The summed E-state index contributed by atoms with van der Waals surface area (Å²) in [7, 11) is 0. The number of thiophene rings is 1. The molecule has 0 radical (unpaired) electrons. The first kappa shape index (κ1) is 20.1. The smallest absolute Gasteiger partial charge is 0.276 e. The molecule has 29 heavy (non-hydrogen) atoms. The summed E-state index contributed by atoms with van der Waals surface area (Å²) in [5.74, 6) is -0.365. The van der Waals surface area contributed by atoms with Crippen LogP contribution in [0, 0.1) is 12.7 Å². The van der Waals surface area contributed by atoms with E-state index in [4.69, 9.17) is 4.74 Å². The third kappa shape index (κ3) is 4.36. The van der Waals surface area contributed by atoms with Crippen molar-refractivity contribution in [2.24, 2.45) is 0 Å². The number of hydrogen-bond donors (Lipinski definition) is 1. The molecule has 152 valence electrons. The Bertz CT molecular complexity index is 1110. The first-order valence-electron chi connectivity index (χ1n) is 9.31. The SMILES string of the molecule is Cc1cc(-n2c(SCC(=O)NC[C@H]3CCCO3)nc3ccsc3c2=O)ccc1F. The monoisotopic (exact) mass is 433 g/mol. The van der Waals surface area contributed by atoms with Gasteiger partial charge in [0.15, 0.2) is 5.16 Å². The van der Waals surface area contributed by atoms with E-state index >= 15 is 0 Å². The number of carbonyl (C=O) groups is 1. The molecule has 1 aromatic carbocycles. The fourth-order valence-corrected chi connectivity index (χ4v) is 4.80. The van der Waals surface area contributed by atoms with Gasteiger partial charge in [-0.1, -0.05) is 11.8 Å². The van der Waals surface area contributed by atoms with Crippen molar-refractivity contribution >= 4 is 39.2 Å². The Balaban J connectivity index is 1.59. The van der Waals surface area contributed by atoms with Crippen LogP contribution in [-0.2, 0) is 9.53 Å². The number of amides is 1. The van der Waals surface area contributed by atoms with Gasteiger partial charge in [0.05, 0.1) is 23.1 Å². The van der Waals surface area contributed by atoms with E-state index in [9.17, 15) is 14.0 Å². The van der Waals surface area contributed by atoms with Crippen LogP contribution in [0.4, 0.5) is 4.39 Å². The van der Waals surface area contributed by atoms with Crippen LogP contribution in [-0.4, -0.2) is 40.5 Å². The standard InChI is InChI=1S/C20H20FN3O3S2/c1-12-9-13(4-5-15(12)21)24-19(26)18-16(6-8-28-18)23-20(24)29-11-17(25)22-10-14-3-2-7-27-14/h4-6,8-9,14H,2-3,7,10-11H2,1H3,(H,22,25)/t14-/m1/s1. The van der Waals surface area contributed by atoms with Crippen LogP contribution in [0.25, 0.3) is 15.9 Å². The largest absolute Gasteiger partial charge is 0.376 e. The fraction of sp³-hybridized carbons (Fsp3) is 0.350. The highest BCUT2D eigenvalue weighted by atomic mass is 32.2. The number of ether oxygens (including phenoxy) is 1. The van der Waals surface area contributed by atoms with E-state index in [2.05, 4.69) is 10.3 Å². The molecule has 0 unspecified atom stereocenters. The van der Waals surface area contributed by atoms with E-state index in [1.54, 1.807) is 25.1 Å². The van der Waals surface area contributed by atoms with Gasteiger partial charge in [-0.05, 0) is 55.0 Å². The van der Waals surface area contributed by atoms with Gasteiger partial charge >= 0.3 is 0 Å². The molecule has 3 aromatic rings. The van der Waals surface area contributed by atoms with Crippen LogP contribution < -0.4 is 10.9 Å². The third-order valence-electron chi connectivity index (χ3n) is 4.73. The van der Waals surface area contributed by atoms with Crippen molar-refractivity contribution in [3.63, 3.8) is 0 Å². The molecule has 1 amide bonds. The number of benzene rings is 1. The molecule has 3 heterocycles. The van der Waals surface area contributed by atoms with E-state index in [1.165, 1.54) is 33.7 Å². The molecule has 0 saturated carbocycles. The van der Waals surface area contributed by atoms with Crippen molar-refractivity contribution in [2.45, 2.75) is 31.0 Å². The average molecular weight is 434 g/mol. The zero-order valence-electron chi connectivity index (χ0n) is 15.8. The summed E-state index contributed by atoms with van der Waals surface area (Å²) in [6, 6.07) is 6.27. The van der Waals surface area contributed by atoms with Crippen molar-refractivity contribution in [3.05, 3.63) is 51.4 Å². The molecular formula is C20H20FN3O3S2. The second-order valence-electron chi connectivity index (χ2n) is 6.83. The van der Waals surface area contributed by atoms with E-state index in [0.29, 0.717) is 33.2 Å². The van der Waals surface area contributed by atoms with Gasteiger partial charge in [0.2, 0.25) is 5.91 Å². The summed E-state index contributed by atoms with van der Waals surface area (Å²) in [6.07, 6.45) is 2.04. The van der Waals surface area contributed by atoms with Crippen molar-refractivity contribution in [1.82, 2.24) is 14.9 Å². The Morgan fingerprint density at radius 1 is 1.45 bits per heavy atom. The Morgan fingerprint density at radius 3 is 3.07 bits per heavy atom. The lowest BCUT2D eigenvalue weighted by molar-refractivity contribution is -0.119. The molecule has 1 N–H and O–H groups in total. The second kappa shape index (κ2) is 8.64. The fourth-order valence-electron chi connectivity index (χ4n) is 3.20. The molecule has 2 aromatic heterocycles. The van der Waals surface area contributed by atoms with E-state index in [-0.39, 0.29) is 29.1 Å². The molecule has 0 aliphatic carbocycles. The quantitative estimate of drug-likeness (QED) is 0.477. The minimum Gasteiger partial charge on any atom is -0.376 e. The molecule has 1 saturated heterocycles. The van der Waals surface area contributed by atoms with Crippen molar-refractivity contribution in [2.75, 3.05) is 18.9 Å². The number of halogens is 1. The topological polar surface area (TPSA) is 73.2 Å². The van der Waals surface area contributed by atoms with Crippen LogP contribution in [0.5, 0.6) is 0 Å². The molecule has 1 fully saturated rings. The Morgan fingerprint density at radius 2 is 2.31 bits per heavy atom. The number of aromatic nitrogens is 2. The second-order valence-corrected chi connectivity index (χ2v) is 8.69. The molecule has 1 aliphatic rings. The molecule has 9 heteroatoms. The number of rotatable bonds is 6. The Hall–Kier alpha value is -2.23. The summed E-state index contributed by atoms with van der Waals surface area (Å²) >= 11 is 2.50. The lowest BCUT2D eigenvalue weighted by Gasteiger charge is -2.14. The molecule has 0 bridgehead atoms. The van der Waals surface area contributed by atoms with Gasteiger partial charge < -0.3 is 10.1 Å². The van der Waals surface area contributed by atoms with Crippen LogP contribution in [0.2, 0.25) is 0 Å². The Kier molecular flexibility index (Phi) is 5.98. The summed E-state index contributed by atoms with van der Waals surface area (Å²) in [6.45, 7) is 2.87. The highest BCUT2D eigenvalue weighted by molar-refractivity contribution is 7.99. The van der Waals surface area contributed by atoms with Crippen LogP contribution >= 0.6 is 23.1 Å². The maximum atomic E-state index is 13.7. The minimum atomic E-state index is -0.338. The van der Waals surface area contributed by atoms with Gasteiger partial charge in [-0.3, -0.25) is 14.2 Å². The first-order valence-corrected chi connectivity index (χ1v) is 11.2. The van der Waals surface area contributed by atoms with Crippen molar-refractivity contribution in [3.8, 4) is 5.69 Å². The average Bonchev–Trinajstić information content (AvgIpc) is 3.39. The number of aryl methyl sites for hydroxylation is 1. The number of thioether (sulfide) groups is 1. The van der Waals surface area contributed by atoms with Crippen LogP contribution in [0.3, 0.4) is 0 Å². The Labute approximate surface area is 175 Å². The van der Waals surface area contributed by atoms with Crippen molar-refractivity contribution < 1.29 is 13.9 Å². The van der Waals surface area contributed by atoms with Gasteiger partial charge in [-0.25, -0.2) is 9.37 Å². The number of hydrogen-bond acceptors (Lipinski definition) is 6. The van der Waals surface area contributed by atoms with Gasteiger partial charge in [0.25, 0.3) is 5.56 Å². The van der Waals surface area contributed by atoms with Gasteiger partial charge in [-0.2, -0.15) is 0 Å². The summed E-state index contributed by atoms with van der Waals surface area (Å²) in [5, 5.41) is 5.08. The van der Waals surface area contributed by atoms with Gasteiger partial charge in [0.1, 0.15) is 10.5 Å². The molecule has 4 rings (SSSR count). The van der Waals surface area contributed by atoms with E-state index < -0.39 is 0 Å². The minimum absolute atomic E-state index is 0.0737. The summed E-state index contributed by atoms with van der Waals surface area (Å²) in [4.78, 5) is 29.9. The zero-order chi connectivity index (χ0) is 20.4. The highest BCUT2D eigenvalue weighted by Crippen LogP contribution is 2.24. The van der Waals surface area contributed by atoms with Gasteiger partial charge in [-0.15, -0.1) is 11.3 Å². The number of carbonyl (C=O) groups excluding carboxylic acids is 1. The third-order valence-corrected chi connectivity index (χ3v) is 6.56. The molecule has 1 aliphatic heterocycles. The van der Waals surface area contributed by atoms with E-state index in [0.717, 1.165) is 19.4 Å². The number of fused-ring (bicyclic) bond motifs is 1. The first-order chi connectivity index (χ1) is 14.0. The number of nitrogens with zero attached hydrogens (tertiary/aromatic N) is 2. The zero-order valence-corrected chi connectivity index (χ0v) is 17.4. The highest BCUT2D eigenvalue weighted by Gasteiger charge is 2.18. The summed E-state index contributed by atoms with van der Waals surface area (Å²) in [5.41, 5.74) is 1.33. The number of nitrogens with one attached hydrogen (secondary N) is 1. The molecule has 1 atom stereocenters. The molecule has 0 spiro atoms. The normalized spacial score (nSPS) is 16.4. The summed E-state index contributed by atoms with van der Waals surface area (Å²) < 4.78 is 21.2.